The van der Waals surface area contributed by atoms with Crippen LogP contribution in [0.1, 0.15) is 12.5 Å². The maximum atomic E-state index is 11.4. The number of aromatic nitrogens is 1. The lowest BCUT2D eigenvalue weighted by Gasteiger charge is -2.10. The molecule has 0 aliphatic heterocycles. The molecule has 0 fully saturated rings. The predicted molar refractivity (Wildman–Crippen MR) is 54.6 cm³/mol. The lowest BCUT2D eigenvalue weighted by atomic mass is 10.2. The van der Waals surface area contributed by atoms with E-state index in [1.165, 1.54) is 0 Å². The normalized spacial score (nSPS) is 12.1. The van der Waals surface area contributed by atoms with E-state index in [1.54, 1.807) is 12.4 Å². The fourth-order valence-electron chi connectivity index (χ4n) is 1.07. The number of amides is 1. The quantitative estimate of drug-likeness (QED) is 0.712. The molecule has 1 amide bonds. The molecule has 0 saturated carbocycles. The molecule has 4 nitrogen and oxygen atoms in total. The van der Waals surface area contributed by atoms with Crippen molar-refractivity contribution in [3.05, 3.63) is 30.1 Å². The summed E-state index contributed by atoms with van der Waals surface area (Å²) in [7, 11) is 0. The summed E-state index contributed by atoms with van der Waals surface area (Å²) in [6.45, 7) is 2.33. The largest absolute Gasteiger partial charge is 0.352 e. The molecule has 0 bridgehead atoms. The van der Waals surface area contributed by atoms with E-state index >= 15 is 0 Å². The smallest absolute Gasteiger partial charge is 0.224 e. The molecular weight excluding hydrogens is 178 g/mol. The molecule has 0 saturated heterocycles. The number of hydrogen-bond donors (Lipinski definition) is 2. The lowest BCUT2D eigenvalue weighted by Crippen LogP contribution is -2.38. The van der Waals surface area contributed by atoms with Crippen molar-refractivity contribution >= 4 is 5.91 Å². The predicted octanol–water partition coefficient (Wildman–Crippen LogP) is 0.0875. The minimum absolute atomic E-state index is 0.0176. The van der Waals surface area contributed by atoms with Crippen LogP contribution in [0.25, 0.3) is 0 Å². The molecule has 1 unspecified atom stereocenters. The molecule has 0 aromatic carbocycles. The third kappa shape index (κ3) is 3.53. The van der Waals surface area contributed by atoms with Crippen LogP contribution < -0.4 is 11.1 Å². The molecule has 14 heavy (non-hydrogen) atoms. The Hall–Kier alpha value is -1.42. The van der Waals surface area contributed by atoms with Crippen LogP contribution in [0.15, 0.2) is 24.5 Å². The summed E-state index contributed by atoms with van der Waals surface area (Å²) in [5.74, 6) is -0.0176. The minimum atomic E-state index is -0.0176. The zero-order chi connectivity index (χ0) is 10.4. The summed E-state index contributed by atoms with van der Waals surface area (Å²) >= 11 is 0. The monoisotopic (exact) mass is 193 g/mol. The number of rotatable bonds is 4. The lowest BCUT2D eigenvalue weighted by molar-refractivity contribution is -0.120. The first kappa shape index (κ1) is 10.7. The molecule has 1 aromatic rings. The second-order valence-electron chi connectivity index (χ2n) is 3.24. The van der Waals surface area contributed by atoms with Gasteiger partial charge in [0, 0.05) is 25.0 Å². The Morgan fingerprint density at radius 2 is 2.50 bits per heavy atom. The van der Waals surface area contributed by atoms with Crippen molar-refractivity contribution in [2.24, 2.45) is 5.73 Å². The van der Waals surface area contributed by atoms with E-state index in [0.717, 1.165) is 5.56 Å². The fraction of sp³-hybridized carbons (Fsp3) is 0.400. The summed E-state index contributed by atoms with van der Waals surface area (Å²) in [6, 6.07) is 3.72. The number of carbonyl (C=O) groups excluding carboxylic acids is 1. The van der Waals surface area contributed by atoms with Crippen molar-refractivity contribution in [3.8, 4) is 0 Å². The van der Waals surface area contributed by atoms with Gasteiger partial charge in [0.05, 0.1) is 6.42 Å². The first-order valence-electron chi connectivity index (χ1n) is 4.60. The standard InChI is InChI=1S/C10H15N3O/c1-8(6-11)13-10(14)5-9-3-2-4-12-7-9/h2-4,7-8H,5-6,11H2,1H3,(H,13,14). The van der Waals surface area contributed by atoms with Crippen molar-refractivity contribution in [1.29, 1.82) is 0 Å². The Bertz CT molecular complexity index is 287. The van der Waals surface area contributed by atoms with Gasteiger partial charge >= 0.3 is 0 Å². The average Bonchev–Trinajstić information content (AvgIpc) is 2.19. The fourth-order valence-corrected chi connectivity index (χ4v) is 1.07. The molecule has 4 heteroatoms. The first-order chi connectivity index (χ1) is 6.72. The van der Waals surface area contributed by atoms with Gasteiger partial charge in [-0.25, -0.2) is 0 Å². The summed E-state index contributed by atoms with van der Waals surface area (Å²) in [5.41, 5.74) is 6.30. The van der Waals surface area contributed by atoms with Gasteiger partial charge in [-0.15, -0.1) is 0 Å². The van der Waals surface area contributed by atoms with E-state index in [0.29, 0.717) is 13.0 Å². The van der Waals surface area contributed by atoms with Gasteiger partial charge in [-0.3, -0.25) is 9.78 Å². The van der Waals surface area contributed by atoms with Gasteiger partial charge in [-0.2, -0.15) is 0 Å². The van der Waals surface area contributed by atoms with Gasteiger partial charge in [-0.05, 0) is 18.6 Å². The van der Waals surface area contributed by atoms with E-state index in [9.17, 15) is 4.79 Å². The van der Waals surface area contributed by atoms with Crippen molar-refractivity contribution in [2.45, 2.75) is 19.4 Å². The van der Waals surface area contributed by atoms with Crippen LogP contribution in [0.2, 0.25) is 0 Å². The molecule has 1 aromatic heterocycles. The molecule has 1 heterocycles. The van der Waals surface area contributed by atoms with E-state index < -0.39 is 0 Å². The average molecular weight is 193 g/mol. The minimum Gasteiger partial charge on any atom is -0.352 e. The maximum absolute atomic E-state index is 11.4. The Kier molecular flexibility index (Phi) is 4.07. The van der Waals surface area contributed by atoms with E-state index in [4.69, 9.17) is 5.73 Å². The van der Waals surface area contributed by atoms with Crippen LogP contribution in [0, 0.1) is 0 Å². The van der Waals surface area contributed by atoms with Crippen LogP contribution >= 0.6 is 0 Å². The molecule has 0 spiro atoms. The van der Waals surface area contributed by atoms with Gasteiger partial charge in [-0.1, -0.05) is 6.07 Å². The zero-order valence-corrected chi connectivity index (χ0v) is 8.23. The molecule has 3 N–H and O–H groups in total. The van der Waals surface area contributed by atoms with Crippen LogP contribution in [-0.4, -0.2) is 23.5 Å². The van der Waals surface area contributed by atoms with E-state index in [2.05, 4.69) is 10.3 Å². The van der Waals surface area contributed by atoms with Gasteiger partial charge in [0.2, 0.25) is 5.91 Å². The number of nitrogens with one attached hydrogen (secondary N) is 1. The van der Waals surface area contributed by atoms with Crippen molar-refractivity contribution < 1.29 is 4.79 Å². The zero-order valence-electron chi connectivity index (χ0n) is 8.23. The molecule has 1 atom stereocenters. The van der Waals surface area contributed by atoms with Crippen LogP contribution in [0.5, 0.6) is 0 Å². The van der Waals surface area contributed by atoms with Crippen molar-refractivity contribution in [1.82, 2.24) is 10.3 Å². The Balaban J connectivity index is 2.42. The highest BCUT2D eigenvalue weighted by Gasteiger charge is 2.05. The Labute approximate surface area is 83.5 Å². The second-order valence-corrected chi connectivity index (χ2v) is 3.24. The number of nitrogens with two attached hydrogens (primary N) is 1. The second kappa shape index (κ2) is 5.34. The van der Waals surface area contributed by atoms with Gasteiger partial charge in [0.1, 0.15) is 0 Å². The third-order valence-electron chi connectivity index (χ3n) is 1.85. The Morgan fingerprint density at radius 3 is 3.07 bits per heavy atom. The maximum Gasteiger partial charge on any atom is 0.224 e. The Morgan fingerprint density at radius 1 is 1.71 bits per heavy atom. The topological polar surface area (TPSA) is 68.0 Å². The van der Waals surface area contributed by atoms with Gasteiger partial charge in [0.25, 0.3) is 0 Å². The summed E-state index contributed by atoms with van der Waals surface area (Å²) in [6.07, 6.45) is 3.73. The highest BCUT2D eigenvalue weighted by molar-refractivity contribution is 5.78. The third-order valence-corrected chi connectivity index (χ3v) is 1.85. The van der Waals surface area contributed by atoms with Gasteiger partial charge < -0.3 is 11.1 Å². The molecular formula is C10H15N3O. The number of carbonyl (C=O) groups is 1. The van der Waals surface area contributed by atoms with Gasteiger partial charge in [0.15, 0.2) is 0 Å². The molecule has 0 radical (unpaired) electrons. The van der Waals surface area contributed by atoms with Crippen molar-refractivity contribution in [3.63, 3.8) is 0 Å². The summed E-state index contributed by atoms with van der Waals surface area (Å²) < 4.78 is 0. The number of pyridine rings is 1. The summed E-state index contributed by atoms with van der Waals surface area (Å²) in [5, 5.41) is 2.79. The molecule has 0 aliphatic carbocycles. The number of hydrogen-bond acceptors (Lipinski definition) is 3. The van der Waals surface area contributed by atoms with E-state index in [-0.39, 0.29) is 11.9 Å². The highest BCUT2D eigenvalue weighted by Crippen LogP contribution is 1.96. The first-order valence-corrected chi connectivity index (χ1v) is 4.60. The molecule has 76 valence electrons. The summed E-state index contributed by atoms with van der Waals surface area (Å²) in [4.78, 5) is 15.3. The SMILES string of the molecule is CC(CN)NC(=O)Cc1cccnc1. The van der Waals surface area contributed by atoms with E-state index in [1.807, 2.05) is 19.1 Å². The molecule has 1 rings (SSSR count). The van der Waals surface area contributed by atoms with Crippen LogP contribution in [0.4, 0.5) is 0 Å². The number of nitrogens with zero attached hydrogens (tertiary/aromatic N) is 1. The van der Waals surface area contributed by atoms with Crippen LogP contribution in [-0.2, 0) is 11.2 Å². The molecule has 0 aliphatic rings. The highest BCUT2D eigenvalue weighted by atomic mass is 16.1. The van der Waals surface area contributed by atoms with Crippen molar-refractivity contribution in [2.75, 3.05) is 6.54 Å². The van der Waals surface area contributed by atoms with Crippen LogP contribution in [0.3, 0.4) is 0 Å².